The summed E-state index contributed by atoms with van der Waals surface area (Å²) in [5, 5.41) is 0.568. The normalized spacial score (nSPS) is 24.4. The van der Waals surface area contributed by atoms with Crippen molar-refractivity contribution < 1.29 is 22.0 Å². The van der Waals surface area contributed by atoms with Crippen LogP contribution >= 0.6 is 11.6 Å². The van der Waals surface area contributed by atoms with Crippen molar-refractivity contribution in [3.63, 3.8) is 0 Å². The molecule has 4 rings (SSSR count). The van der Waals surface area contributed by atoms with E-state index in [0.717, 1.165) is 17.7 Å². The number of nitrogens with zero attached hydrogens (tertiary/aromatic N) is 2. The minimum atomic E-state index is -3.80. The third-order valence-electron chi connectivity index (χ3n) is 5.56. The van der Waals surface area contributed by atoms with Gasteiger partial charge in [0.25, 0.3) is 0 Å². The largest absolute Gasteiger partial charge is 0.289 e. The molecule has 1 N–H and O–H groups in total. The number of ketones is 1. The van der Waals surface area contributed by atoms with Gasteiger partial charge in [0.15, 0.2) is 5.78 Å². The van der Waals surface area contributed by atoms with Crippen molar-refractivity contribution in [1.29, 1.82) is 0 Å². The second kappa shape index (κ2) is 9.85. The Bertz CT molecular complexity index is 1290. The van der Waals surface area contributed by atoms with Gasteiger partial charge in [-0.05, 0) is 47.4 Å². The molecule has 10 heteroatoms. The van der Waals surface area contributed by atoms with Crippen molar-refractivity contribution in [2.45, 2.75) is 38.1 Å². The number of carbonyl (C=O) groups is 1. The van der Waals surface area contributed by atoms with Gasteiger partial charge in [0.05, 0.1) is 17.4 Å². The summed E-state index contributed by atoms with van der Waals surface area (Å²) in [4.78, 5) is 22.0. The molecule has 0 amide bonds. The average Bonchev–Trinajstić information content (AvgIpc) is 2.95. The summed E-state index contributed by atoms with van der Waals surface area (Å²) in [5.74, 6) is -2.25. The molecule has 0 saturated carbocycles. The molecule has 1 aromatic carbocycles. The molecule has 0 aromatic heterocycles. The second-order valence-electron chi connectivity index (χ2n) is 8.08. The first-order valence-corrected chi connectivity index (χ1v) is 12.8. The first-order valence-electron chi connectivity index (χ1n) is 10.7. The van der Waals surface area contributed by atoms with E-state index in [1.54, 1.807) is 43.5 Å². The summed E-state index contributed by atoms with van der Waals surface area (Å²) >= 11 is 5.97. The molecule has 34 heavy (non-hydrogen) atoms. The molecule has 3 aliphatic rings. The summed E-state index contributed by atoms with van der Waals surface area (Å²) in [5.41, 5.74) is 1.36. The maximum absolute atomic E-state index is 15.2. The minimum absolute atomic E-state index is 0.0477. The number of carbonyl (C=O) groups excluding carboxylic acids is 1. The second-order valence-corrected chi connectivity index (χ2v) is 10.4. The van der Waals surface area contributed by atoms with Crippen molar-refractivity contribution in [2.24, 2.45) is 9.98 Å². The topological polar surface area (TPSA) is 88.0 Å². The van der Waals surface area contributed by atoms with E-state index in [0.29, 0.717) is 29.0 Å². The maximum atomic E-state index is 15.2. The van der Waals surface area contributed by atoms with Crippen LogP contribution in [0.2, 0.25) is 5.02 Å². The Morgan fingerprint density at radius 1 is 1.18 bits per heavy atom. The highest BCUT2D eigenvalue weighted by Gasteiger charge is 2.35. The molecule has 0 saturated heterocycles. The summed E-state index contributed by atoms with van der Waals surface area (Å²) in [7, 11) is -3.80. The van der Waals surface area contributed by atoms with Gasteiger partial charge in [-0.1, -0.05) is 36.7 Å². The number of nitrogens with one attached hydrogen (secondary N) is 1. The number of benzene rings is 1. The molecule has 0 spiro atoms. The van der Waals surface area contributed by atoms with Crippen LogP contribution in [-0.4, -0.2) is 50.8 Å². The van der Waals surface area contributed by atoms with Gasteiger partial charge >= 0.3 is 0 Å². The lowest BCUT2D eigenvalue weighted by molar-refractivity contribution is -0.112. The number of rotatable bonds is 7. The number of dihydropyridines is 1. The van der Waals surface area contributed by atoms with Gasteiger partial charge in [-0.15, -0.1) is 0 Å². The average molecular weight is 506 g/mol. The number of halogens is 3. The van der Waals surface area contributed by atoms with Crippen molar-refractivity contribution in [2.75, 3.05) is 5.75 Å². The van der Waals surface area contributed by atoms with E-state index < -0.39 is 45.6 Å². The molecular weight excluding hydrogens is 484 g/mol. The van der Waals surface area contributed by atoms with Crippen LogP contribution in [0.4, 0.5) is 8.78 Å². The predicted molar refractivity (Wildman–Crippen MR) is 130 cm³/mol. The van der Waals surface area contributed by atoms with Crippen molar-refractivity contribution in [1.82, 2.24) is 4.72 Å². The van der Waals surface area contributed by atoms with Crippen molar-refractivity contribution in [3.05, 3.63) is 75.6 Å². The van der Waals surface area contributed by atoms with Gasteiger partial charge in [-0.25, -0.2) is 21.9 Å². The minimum Gasteiger partial charge on any atom is -0.289 e. The molecule has 2 bridgehead atoms. The Morgan fingerprint density at radius 2 is 1.88 bits per heavy atom. The van der Waals surface area contributed by atoms with E-state index in [-0.39, 0.29) is 11.3 Å². The first-order chi connectivity index (χ1) is 16.2. The van der Waals surface area contributed by atoms with Gasteiger partial charge in [-0.3, -0.25) is 14.8 Å². The third-order valence-corrected chi connectivity index (χ3v) is 7.38. The summed E-state index contributed by atoms with van der Waals surface area (Å²) in [6.45, 7) is 1.67. The molecule has 0 radical (unpaired) electrons. The van der Waals surface area contributed by atoms with E-state index in [1.807, 2.05) is 0 Å². The number of aliphatic imine (C=N–C) groups is 2. The smallest absolute Gasteiger partial charge is 0.212 e. The number of allylic oxidation sites excluding steroid dienone is 5. The molecule has 178 valence electrons. The highest BCUT2D eigenvalue weighted by Crippen LogP contribution is 2.32. The van der Waals surface area contributed by atoms with Gasteiger partial charge in [-0.2, -0.15) is 0 Å². The Hall–Kier alpha value is -2.75. The molecule has 3 atom stereocenters. The van der Waals surface area contributed by atoms with Gasteiger partial charge in [0.1, 0.15) is 18.2 Å². The number of fused-ring (bicyclic) bond motifs is 2. The summed E-state index contributed by atoms with van der Waals surface area (Å²) in [6, 6.07) is 5.61. The fourth-order valence-corrected chi connectivity index (χ4v) is 5.26. The van der Waals surface area contributed by atoms with Crippen LogP contribution in [0.3, 0.4) is 0 Å². The quantitative estimate of drug-likeness (QED) is 0.560. The molecule has 2 aliphatic heterocycles. The molecule has 3 unspecified atom stereocenters. The lowest BCUT2D eigenvalue weighted by atomic mass is 9.88. The van der Waals surface area contributed by atoms with E-state index >= 15 is 4.39 Å². The summed E-state index contributed by atoms with van der Waals surface area (Å²) < 4.78 is 56.4. The lowest BCUT2D eigenvalue weighted by Gasteiger charge is -2.23. The van der Waals surface area contributed by atoms with Crippen LogP contribution in [0.15, 0.2) is 75.0 Å². The Balaban J connectivity index is 1.72. The third kappa shape index (κ3) is 5.16. The number of hydrogen-bond donors (Lipinski definition) is 1. The maximum Gasteiger partial charge on any atom is 0.212 e. The van der Waals surface area contributed by atoms with Crippen LogP contribution in [0.25, 0.3) is 5.57 Å². The van der Waals surface area contributed by atoms with Crippen molar-refractivity contribution >= 4 is 45.4 Å². The molecular formula is C24H22ClF2N3O3S. The van der Waals surface area contributed by atoms with E-state index in [1.165, 1.54) is 6.21 Å². The van der Waals surface area contributed by atoms with Crippen LogP contribution in [0.1, 0.15) is 25.3 Å². The molecule has 6 nitrogen and oxygen atoms in total. The molecule has 2 heterocycles. The fraction of sp³-hybridized carbons (Fsp3) is 0.292. The standard InChI is InChI=1S/C24H22ClF2N3O3S/c1-2-9-34(32,33)30-20-8-7-19(26)22(23(20)27)24(31)18-13-29-21-11-15(18)10-16(12-28-21)14-3-5-17(25)6-4-14/h3-8,10,12-13,19-21,30H,2,9,11H2,1H3. The van der Waals surface area contributed by atoms with Gasteiger partial charge < -0.3 is 0 Å². The highest BCUT2D eigenvalue weighted by molar-refractivity contribution is 7.89. The fourth-order valence-electron chi connectivity index (χ4n) is 3.91. The number of sulfonamides is 1. The lowest BCUT2D eigenvalue weighted by Crippen LogP contribution is -2.39. The Labute approximate surface area is 201 Å². The van der Waals surface area contributed by atoms with E-state index in [9.17, 15) is 17.6 Å². The van der Waals surface area contributed by atoms with Gasteiger partial charge in [0.2, 0.25) is 10.0 Å². The number of hydrogen-bond acceptors (Lipinski definition) is 5. The van der Waals surface area contributed by atoms with Crippen LogP contribution in [0, 0.1) is 0 Å². The van der Waals surface area contributed by atoms with Crippen LogP contribution in [0.5, 0.6) is 0 Å². The number of alkyl halides is 1. The van der Waals surface area contributed by atoms with Gasteiger partial charge in [0, 0.05) is 29.4 Å². The Kier molecular flexibility index (Phi) is 7.06. The van der Waals surface area contributed by atoms with Crippen LogP contribution in [-0.2, 0) is 14.8 Å². The zero-order chi connectivity index (χ0) is 24.5. The Morgan fingerprint density at radius 3 is 2.59 bits per heavy atom. The predicted octanol–water partition coefficient (Wildman–Crippen LogP) is 4.30. The SMILES string of the molecule is CCCS(=O)(=O)NC1C=CC(F)C(C(=O)C2=C3C=C(c4ccc(Cl)cc4)C=NC(C3)N=C2)=C1F. The van der Waals surface area contributed by atoms with Crippen molar-refractivity contribution in [3.8, 4) is 0 Å². The van der Waals surface area contributed by atoms with E-state index in [4.69, 9.17) is 11.6 Å². The van der Waals surface area contributed by atoms with Crippen LogP contribution < -0.4 is 4.72 Å². The molecule has 0 fully saturated rings. The highest BCUT2D eigenvalue weighted by atomic mass is 35.5. The monoisotopic (exact) mass is 505 g/mol. The zero-order valence-electron chi connectivity index (χ0n) is 18.2. The summed E-state index contributed by atoms with van der Waals surface area (Å²) in [6.07, 6.45) is 4.88. The number of Topliss-reactive ketones (excluding diaryl/α,β-unsaturated/α-hetero) is 1. The zero-order valence-corrected chi connectivity index (χ0v) is 19.8. The first kappa shape index (κ1) is 24.4. The molecule has 1 aliphatic carbocycles. The molecule has 1 aromatic rings. The van der Waals surface area contributed by atoms with E-state index in [2.05, 4.69) is 14.7 Å².